The van der Waals surface area contributed by atoms with Crippen LogP contribution in [-0.4, -0.2) is 23.7 Å². The second-order valence-electron chi connectivity index (χ2n) is 5.29. The minimum absolute atomic E-state index is 0.0715. The second-order valence-corrected chi connectivity index (χ2v) is 5.29. The Bertz CT molecular complexity index is 417. The van der Waals surface area contributed by atoms with E-state index in [-0.39, 0.29) is 24.5 Å². The van der Waals surface area contributed by atoms with Crippen LogP contribution in [0.4, 0.5) is 5.69 Å². The Morgan fingerprint density at radius 3 is 2.74 bits per heavy atom. The summed E-state index contributed by atoms with van der Waals surface area (Å²) in [5.74, 6) is 0.308. The Kier molecular flexibility index (Phi) is 4.80. The van der Waals surface area contributed by atoms with Crippen LogP contribution in [0.3, 0.4) is 0 Å². The van der Waals surface area contributed by atoms with Gasteiger partial charge in [-0.1, -0.05) is 18.6 Å². The Hall–Kier alpha value is -1.55. The van der Waals surface area contributed by atoms with E-state index in [9.17, 15) is 9.90 Å². The van der Waals surface area contributed by atoms with Crippen LogP contribution in [0.2, 0.25) is 0 Å². The van der Waals surface area contributed by atoms with Crippen molar-refractivity contribution in [3.63, 3.8) is 0 Å². The van der Waals surface area contributed by atoms with Crippen molar-refractivity contribution in [3.05, 3.63) is 29.8 Å². The molecule has 1 amide bonds. The molecule has 2 unspecified atom stereocenters. The van der Waals surface area contributed by atoms with Crippen molar-refractivity contribution in [2.24, 2.45) is 5.92 Å². The van der Waals surface area contributed by atoms with Gasteiger partial charge in [0.15, 0.2) is 0 Å². The van der Waals surface area contributed by atoms with Crippen molar-refractivity contribution in [2.75, 3.05) is 12.3 Å². The number of nitrogens with one attached hydrogen (secondary N) is 1. The van der Waals surface area contributed by atoms with Gasteiger partial charge in [-0.25, -0.2) is 0 Å². The van der Waals surface area contributed by atoms with E-state index < -0.39 is 0 Å². The van der Waals surface area contributed by atoms with Gasteiger partial charge in [0.2, 0.25) is 5.91 Å². The van der Waals surface area contributed by atoms with Crippen LogP contribution in [0.5, 0.6) is 0 Å². The molecule has 0 aliphatic heterocycles. The van der Waals surface area contributed by atoms with Gasteiger partial charge in [-0.2, -0.15) is 0 Å². The lowest BCUT2D eigenvalue weighted by Crippen LogP contribution is -2.38. The Balaban J connectivity index is 1.77. The molecule has 1 aliphatic carbocycles. The summed E-state index contributed by atoms with van der Waals surface area (Å²) in [6.45, 7) is 0.170. The monoisotopic (exact) mass is 262 g/mol. The average Bonchev–Trinajstić information content (AvgIpc) is 2.85. The van der Waals surface area contributed by atoms with Gasteiger partial charge in [-0.3, -0.25) is 4.79 Å². The summed E-state index contributed by atoms with van der Waals surface area (Å²) >= 11 is 0. The van der Waals surface area contributed by atoms with E-state index in [0.29, 0.717) is 6.42 Å². The highest BCUT2D eigenvalue weighted by molar-refractivity contribution is 5.76. The molecule has 1 aromatic rings. The predicted molar refractivity (Wildman–Crippen MR) is 75.5 cm³/mol. The molecule has 0 radical (unpaired) electrons. The molecule has 4 nitrogen and oxygen atoms in total. The third-order valence-electron chi connectivity index (χ3n) is 3.86. The number of amides is 1. The first-order valence-corrected chi connectivity index (χ1v) is 6.93. The normalized spacial score (nSPS) is 22.4. The number of aliphatic hydroxyl groups is 1. The number of hydrogen-bond donors (Lipinski definition) is 3. The predicted octanol–water partition coefficient (Wildman–Crippen LogP) is 1.48. The van der Waals surface area contributed by atoms with Gasteiger partial charge in [0.25, 0.3) is 0 Å². The van der Waals surface area contributed by atoms with Gasteiger partial charge >= 0.3 is 0 Å². The lowest BCUT2D eigenvalue weighted by Gasteiger charge is -2.18. The molecule has 0 bridgehead atoms. The third-order valence-corrected chi connectivity index (χ3v) is 3.86. The second kappa shape index (κ2) is 6.57. The Morgan fingerprint density at radius 1 is 1.32 bits per heavy atom. The number of hydrogen-bond acceptors (Lipinski definition) is 3. The van der Waals surface area contributed by atoms with E-state index in [0.717, 1.165) is 36.9 Å². The molecular weight excluding hydrogens is 240 g/mol. The average molecular weight is 262 g/mol. The maximum absolute atomic E-state index is 11.9. The first-order chi connectivity index (χ1) is 9.19. The number of rotatable bonds is 5. The van der Waals surface area contributed by atoms with Crippen LogP contribution >= 0.6 is 0 Å². The van der Waals surface area contributed by atoms with Crippen molar-refractivity contribution in [1.29, 1.82) is 0 Å². The largest absolute Gasteiger partial charge is 0.399 e. The summed E-state index contributed by atoms with van der Waals surface area (Å²) in [4.78, 5) is 11.9. The summed E-state index contributed by atoms with van der Waals surface area (Å²) in [6.07, 6.45) is 4.30. The fourth-order valence-corrected chi connectivity index (χ4v) is 2.67. The fraction of sp³-hybridized carbons (Fsp3) is 0.533. The van der Waals surface area contributed by atoms with Crippen molar-refractivity contribution in [2.45, 2.75) is 38.1 Å². The number of nitrogen functional groups attached to an aromatic ring is 1. The molecule has 1 aromatic carbocycles. The minimum atomic E-state index is 0.0715. The first kappa shape index (κ1) is 13.9. The number of anilines is 1. The van der Waals surface area contributed by atoms with Gasteiger partial charge in [0.1, 0.15) is 0 Å². The summed E-state index contributed by atoms with van der Waals surface area (Å²) in [6, 6.07) is 7.77. The molecule has 1 saturated carbocycles. The number of carbonyl (C=O) groups is 1. The van der Waals surface area contributed by atoms with Crippen LogP contribution in [0.15, 0.2) is 24.3 Å². The molecule has 4 heteroatoms. The van der Waals surface area contributed by atoms with Gasteiger partial charge < -0.3 is 16.2 Å². The topological polar surface area (TPSA) is 75.4 Å². The molecule has 4 N–H and O–H groups in total. The standard InChI is InChI=1S/C15H22N2O2/c16-13-7-4-11(5-8-13)6-9-15(19)17-14-3-1-2-12(14)10-18/h4-5,7-8,12,14,18H,1-3,6,9-10,16H2,(H,17,19). The molecule has 19 heavy (non-hydrogen) atoms. The van der Waals surface area contributed by atoms with Crippen LogP contribution < -0.4 is 11.1 Å². The van der Waals surface area contributed by atoms with E-state index in [4.69, 9.17) is 5.73 Å². The van der Waals surface area contributed by atoms with Crippen molar-refractivity contribution >= 4 is 11.6 Å². The van der Waals surface area contributed by atoms with Crippen LogP contribution in [0.25, 0.3) is 0 Å². The van der Waals surface area contributed by atoms with Gasteiger partial charge in [0, 0.05) is 30.7 Å². The number of aliphatic hydroxyl groups excluding tert-OH is 1. The summed E-state index contributed by atoms with van der Waals surface area (Å²) in [7, 11) is 0. The number of nitrogens with two attached hydrogens (primary N) is 1. The van der Waals surface area contributed by atoms with Crippen molar-refractivity contribution in [1.82, 2.24) is 5.32 Å². The molecule has 1 aliphatic rings. The summed E-state index contributed by atoms with van der Waals surface area (Å²) in [5, 5.41) is 12.3. The molecule has 2 atom stereocenters. The number of aryl methyl sites for hydroxylation is 1. The third kappa shape index (κ3) is 3.96. The summed E-state index contributed by atoms with van der Waals surface area (Å²) < 4.78 is 0. The molecule has 1 fully saturated rings. The fourth-order valence-electron chi connectivity index (χ4n) is 2.67. The maximum atomic E-state index is 11.9. The Labute approximate surface area is 114 Å². The lowest BCUT2D eigenvalue weighted by atomic mass is 10.0. The van der Waals surface area contributed by atoms with Gasteiger partial charge in [-0.05, 0) is 37.0 Å². The SMILES string of the molecule is Nc1ccc(CCC(=O)NC2CCCC2CO)cc1. The van der Waals surface area contributed by atoms with E-state index in [1.165, 1.54) is 0 Å². The van der Waals surface area contributed by atoms with E-state index in [2.05, 4.69) is 5.32 Å². The zero-order chi connectivity index (χ0) is 13.7. The number of carbonyl (C=O) groups excluding carboxylic acids is 1. The van der Waals surface area contributed by atoms with Crippen molar-refractivity contribution in [3.8, 4) is 0 Å². The molecule has 104 valence electrons. The lowest BCUT2D eigenvalue weighted by molar-refractivity contribution is -0.122. The van der Waals surface area contributed by atoms with Crippen LogP contribution in [0, 0.1) is 5.92 Å². The summed E-state index contributed by atoms with van der Waals surface area (Å²) in [5.41, 5.74) is 7.48. The quantitative estimate of drug-likeness (QED) is 0.704. The van der Waals surface area contributed by atoms with E-state index in [1.54, 1.807) is 0 Å². The molecular formula is C15H22N2O2. The molecule has 2 rings (SSSR count). The van der Waals surface area contributed by atoms with Gasteiger partial charge in [0.05, 0.1) is 0 Å². The van der Waals surface area contributed by atoms with Gasteiger partial charge in [-0.15, -0.1) is 0 Å². The highest BCUT2D eigenvalue weighted by Gasteiger charge is 2.27. The smallest absolute Gasteiger partial charge is 0.220 e. The zero-order valence-electron chi connectivity index (χ0n) is 11.1. The Morgan fingerprint density at radius 2 is 2.05 bits per heavy atom. The highest BCUT2D eigenvalue weighted by atomic mass is 16.3. The van der Waals surface area contributed by atoms with E-state index in [1.807, 2.05) is 24.3 Å². The van der Waals surface area contributed by atoms with Crippen LogP contribution in [-0.2, 0) is 11.2 Å². The van der Waals surface area contributed by atoms with Crippen molar-refractivity contribution < 1.29 is 9.90 Å². The molecule has 0 aromatic heterocycles. The first-order valence-electron chi connectivity index (χ1n) is 6.93. The molecule has 0 saturated heterocycles. The molecule has 0 spiro atoms. The minimum Gasteiger partial charge on any atom is -0.399 e. The maximum Gasteiger partial charge on any atom is 0.220 e. The highest BCUT2D eigenvalue weighted by Crippen LogP contribution is 2.25. The zero-order valence-corrected chi connectivity index (χ0v) is 11.1. The van der Waals surface area contributed by atoms with Crippen LogP contribution in [0.1, 0.15) is 31.2 Å². The molecule has 0 heterocycles. The van der Waals surface area contributed by atoms with E-state index >= 15 is 0 Å². The number of benzene rings is 1.